The Hall–Kier alpha value is -1.16. The zero-order valence-electron chi connectivity index (χ0n) is 9.93. The van der Waals surface area contributed by atoms with Gasteiger partial charge in [0.1, 0.15) is 0 Å². The first kappa shape index (κ1) is 14.9. The number of terminal acetylenes is 1. The summed E-state index contributed by atoms with van der Waals surface area (Å²) < 4.78 is 26.0. The molecule has 0 aliphatic rings. The summed E-state index contributed by atoms with van der Waals surface area (Å²) in [5.41, 5.74) is 6.87. The molecule has 1 rings (SSSR count). The van der Waals surface area contributed by atoms with E-state index in [2.05, 4.69) is 10.6 Å². The van der Waals surface area contributed by atoms with Crippen LogP contribution in [0.5, 0.6) is 0 Å². The molecule has 0 bridgehead atoms. The zero-order chi connectivity index (χ0) is 13.4. The molecule has 1 aromatic rings. The highest BCUT2D eigenvalue weighted by Gasteiger charge is 2.10. The maximum Gasteiger partial charge on any atom is 0.215 e. The summed E-state index contributed by atoms with van der Waals surface area (Å²) in [5, 5.41) is 0. The van der Waals surface area contributed by atoms with Gasteiger partial charge < -0.3 is 5.73 Å². The van der Waals surface area contributed by atoms with Crippen molar-refractivity contribution in [3.05, 3.63) is 29.8 Å². The van der Waals surface area contributed by atoms with Crippen molar-refractivity contribution < 1.29 is 8.42 Å². The van der Waals surface area contributed by atoms with Crippen LogP contribution in [0.15, 0.2) is 24.3 Å². The number of nitrogens with two attached hydrogens (primary N) is 1. The van der Waals surface area contributed by atoms with E-state index in [-0.39, 0.29) is 5.75 Å². The van der Waals surface area contributed by atoms with Crippen LogP contribution in [0.4, 0.5) is 5.69 Å². The molecule has 18 heavy (non-hydrogen) atoms. The van der Waals surface area contributed by atoms with Gasteiger partial charge in [-0.25, -0.2) is 13.1 Å². The summed E-state index contributed by atoms with van der Waals surface area (Å²) in [7, 11) is -3.29. The van der Waals surface area contributed by atoms with Crippen LogP contribution in [-0.2, 0) is 15.8 Å². The van der Waals surface area contributed by atoms with E-state index >= 15 is 0 Å². The molecule has 6 heteroatoms. The molecule has 0 atom stereocenters. The van der Waals surface area contributed by atoms with Crippen LogP contribution >= 0.6 is 11.8 Å². The third-order valence-corrected chi connectivity index (χ3v) is 4.31. The molecule has 0 aliphatic carbocycles. The van der Waals surface area contributed by atoms with Gasteiger partial charge in [0, 0.05) is 18.0 Å². The fourth-order valence-corrected chi connectivity index (χ4v) is 3.07. The van der Waals surface area contributed by atoms with Crippen molar-refractivity contribution in [2.24, 2.45) is 0 Å². The Morgan fingerprint density at radius 1 is 1.33 bits per heavy atom. The summed E-state index contributed by atoms with van der Waals surface area (Å²) in [5.74, 6) is 3.72. The Labute approximate surface area is 112 Å². The lowest BCUT2D eigenvalue weighted by atomic mass is 10.2. The predicted octanol–water partition coefficient (Wildman–Crippen LogP) is 1.05. The lowest BCUT2D eigenvalue weighted by Gasteiger charge is -2.06. The molecule has 0 saturated carbocycles. The minimum absolute atomic E-state index is 0.0346. The summed E-state index contributed by atoms with van der Waals surface area (Å²) in [6.45, 7) is 0.393. The van der Waals surface area contributed by atoms with Crippen LogP contribution in [0, 0.1) is 12.3 Å². The van der Waals surface area contributed by atoms with Gasteiger partial charge in [0.15, 0.2) is 0 Å². The molecule has 0 unspecified atom stereocenters. The molecule has 3 N–H and O–H groups in total. The SMILES string of the molecule is C#CCSCCNS(=O)(=O)Cc1ccc(N)cc1. The lowest BCUT2D eigenvalue weighted by Crippen LogP contribution is -2.27. The van der Waals surface area contributed by atoms with Gasteiger partial charge in [-0.3, -0.25) is 0 Å². The second kappa shape index (κ2) is 7.31. The molecule has 98 valence electrons. The van der Waals surface area contributed by atoms with Gasteiger partial charge in [-0.2, -0.15) is 0 Å². The zero-order valence-corrected chi connectivity index (χ0v) is 11.6. The molecular formula is C12H16N2O2S2. The van der Waals surface area contributed by atoms with E-state index in [0.717, 1.165) is 0 Å². The number of nitrogens with one attached hydrogen (secondary N) is 1. The Morgan fingerprint density at radius 2 is 2.00 bits per heavy atom. The summed E-state index contributed by atoms with van der Waals surface area (Å²) in [4.78, 5) is 0. The number of rotatable bonds is 7. The number of thioether (sulfide) groups is 1. The highest BCUT2D eigenvalue weighted by atomic mass is 32.2. The molecule has 0 aromatic heterocycles. The van der Waals surface area contributed by atoms with E-state index in [4.69, 9.17) is 12.2 Å². The molecule has 0 fully saturated rings. The third-order valence-electron chi connectivity index (χ3n) is 2.09. The van der Waals surface area contributed by atoms with Crippen LogP contribution in [-0.4, -0.2) is 26.5 Å². The largest absolute Gasteiger partial charge is 0.399 e. The Bertz CT molecular complexity index is 504. The van der Waals surface area contributed by atoms with Crippen molar-refractivity contribution in [2.45, 2.75) is 5.75 Å². The maximum absolute atomic E-state index is 11.7. The van der Waals surface area contributed by atoms with E-state index in [0.29, 0.717) is 29.3 Å². The number of anilines is 1. The van der Waals surface area contributed by atoms with Crippen LogP contribution in [0.25, 0.3) is 0 Å². The van der Waals surface area contributed by atoms with Gasteiger partial charge >= 0.3 is 0 Å². The average Bonchev–Trinajstić information content (AvgIpc) is 2.31. The smallest absolute Gasteiger partial charge is 0.215 e. The summed E-state index contributed by atoms with van der Waals surface area (Å²) in [6, 6.07) is 6.80. The molecular weight excluding hydrogens is 268 g/mol. The Kier molecular flexibility index (Phi) is 6.05. The van der Waals surface area contributed by atoms with Crippen LogP contribution < -0.4 is 10.5 Å². The topological polar surface area (TPSA) is 72.2 Å². The van der Waals surface area contributed by atoms with E-state index in [1.54, 1.807) is 24.3 Å². The first-order chi connectivity index (χ1) is 8.53. The van der Waals surface area contributed by atoms with E-state index in [1.165, 1.54) is 11.8 Å². The van der Waals surface area contributed by atoms with Crippen molar-refractivity contribution in [2.75, 3.05) is 23.8 Å². The van der Waals surface area contributed by atoms with Gasteiger partial charge in [-0.15, -0.1) is 18.2 Å². The molecule has 0 amide bonds. The number of nitrogen functional groups attached to an aromatic ring is 1. The van der Waals surface area contributed by atoms with Crippen LogP contribution in [0.2, 0.25) is 0 Å². The highest BCUT2D eigenvalue weighted by molar-refractivity contribution is 7.99. The summed E-state index contributed by atoms with van der Waals surface area (Å²) in [6.07, 6.45) is 5.09. The fourth-order valence-electron chi connectivity index (χ4n) is 1.28. The fraction of sp³-hybridized carbons (Fsp3) is 0.333. The number of hydrogen-bond donors (Lipinski definition) is 2. The molecule has 1 aromatic carbocycles. The quantitative estimate of drug-likeness (QED) is 0.446. The molecule has 0 aliphatic heterocycles. The molecule has 0 saturated heterocycles. The second-order valence-electron chi connectivity index (χ2n) is 3.65. The van der Waals surface area contributed by atoms with Gasteiger partial charge in [0.2, 0.25) is 10.0 Å². The van der Waals surface area contributed by atoms with Crippen molar-refractivity contribution >= 4 is 27.5 Å². The van der Waals surface area contributed by atoms with Crippen molar-refractivity contribution in [3.8, 4) is 12.3 Å². The standard InChI is InChI=1S/C12H16N2O2S2/c1-2-8-17-9-7-14-18(15,16)10-11-3-5-12(13)6-4-11/h1,3-6,14H,7-10,13H2. The molecule has 0 radical (unpaired) electrons. The van der Waals surface area contributed by atoms with Gasteiger partial charge in [0.25, 0.3) is 0 Å². The Morgan fingerprint density at radius 3 is 2.61 bits per heavy atom. The third kappa shape index (κ3) is 5.96. The minimum atomic E-state index is -3.29. The average molecular weight is 284 g/mol. The first-order valence-electron chi connectivity index (χ1n) is 5.36. The minimum Gasteiger partial charge on any atom is -0.399 e. The number of hydrogen-bond acceptors (Lipinski definition) is 4. The maximum atomic E-state index is 11.7. The normalized spacial score (nSPS) is 11.1. The monoisotopic (exact) mass is 284 g/mol. The van der Waals surface area contributed by atoms with Crippen LogP contribution in [0.1, 0.15) is 5.56 Å². The van der Waals surface area contributed by atoms with Crippen molar-refractivity contribution in [1.82, 2.24) is 4.72 Å². The van der Waals surface area contributed by atoms with Crippen LogP contribution in [0.3, 0.4) is 0 Å². The van der Waals surface area contributed by atoms with Gasteiger partial charge in [0.05, 0.1) is 11.5 Å². The van der Waals surface area contributed by atoms with E-state index < -0.39 is 10.0 Å². The van der Waals surface area contributed by atoms with Gasteiger partial charge in [-0.05, 0) is 17.7 Å². The Balaban J connectivity index is 2.40. The predicted molar refractivity (Wildman–Crippen MR) is 77.6 cm³/mol. The first-order valence-corrected chi connectivity index (χ1v) is 8.17. The lowest BCUT2D eigenvalue weighted by molar-refractivity contribution is 0.583. The molecule has 4 nitrogen and oxygen atoms in total. The second-order valence-corrected chi connectivity index (χ2v) is 6.56. The molecule has 0 spiro atoms. The summed E-state index contributed by atoms with van der Waals surface area (Å²) >= 11 is 1.52. The van der Waals surface area contributed by atoms with E-state index in [1.807, 2.05) is 0 Å². The van der Waals surface area contributed by atoms with Crippen molar-refractivity contribution in [1.29, 1.82) is 0 Å². The number of sulfonamides is 1. The highest BCUT2D eigenvalue weighted by Crippen LogP contribution is 2.08. The number of benzene rings is 1. The van der Waals surface area contributed by atoms with E-state index in [9.17, 15) is 8.42 Å². The molecule has 0 heterocycles. The van der Waals surface area contributed by atoms with Crippen molar-refractivity contribution in [3.63, 3.8) is 0 Å². The van der Waals surface area contributed by atoms with Gasteiger partial charge in [-0.1, -0.05) is 18.1 Å².